The highest BCUT2D eigenvalue weighted by molar-refractivity contribution is 6.31. The zero-order valence-corrected chi connectivity index (χ0v) is 14.8. The van der Waals surface area contributed by atoms with E-state index < -0.39 is 0 Å². The second-order valence-corrected chi connectivity index (χ2v) is 5.93. The Kier molecular flexibility index (Phi) is 6.12. The molecule has 0 saturated carbocycles. The van der Waals surface area contributed by atoms with Crippen LogP contribution in [0.3, 0.4) is 0 Å². The Hall–Kier alpha value is -2.98. The monoisotopic (exact) mass is 367 g/mol. The number of anilines is 1. The van der Waals surface area contributed by atoms with Gasteiger partial charge >= 0.3 is 0 Å². The molecular formula is C21H18ClNO3. The number of amides is 1. The number of nitrogens with one attached hydrogen (secondary N) is 1. The fraction of sp³-hybridized carbons (Fsp3) is 0.0952. The second-order valence-electron chi connectivity index (χ2n) is 5.53. The summed E-state index contributed by atoms with van der Waals surface area (Å²) in [5.74, 6) is 0.953. The lowest BCUT2D eigenvalue weighted by molar-refractivity contribution is -0.118. The van der Waals surface area contributed by atoms with Gasteiger partial charge in [-0.25, -0.2) is 0 Å². The third kappa shape index (κ3) is 5.01. The van der Waals surface area contributed by atoms with Gasteiger partial charge in [0.1, 0.15) is 18.1 Å². The van der Waals surface area contributed by atoms with Crippen LogP contribution in [-0.4, -0.2) is 12.5 Å². The van der Waals surface area contributed by atoms with Crippen molar-refractivity contribution in [3.05, 3.63) is 89.4 Å². The zero-order valence-electron chi connectivity index (χ0n) is 14.0. The number of hydrogen-bond acceptors (Lipinski definition) is 3. The molecule has 0 atom stereocenters. The lowest BCUT2D eigenvalue weighted by Crippen LogP contribution is -2.20. The van der Waals surface area contributed by atoms with E-state index in [4.69, 9.17) is 21.1 Å². The standard InChI is InChI=1S/C21H18ClNO3/c22-18-11-5-4-8-16(18)14-26-20-13-7-6-12-19(20)23-21(24)15-25-17-9-2-1-3-10-17/h1-13H,14-15H2,(H,23,24). The van der Waals surface area contributed by atoms with E-state index in [0.717, 1.165) is 5.56 Å². The largest absolute Gasteiger partial charge is 0.487 e. The van der Waals surface area contributed by atoms with Gasteiger partial charge in [-0.2, -0.15) is 0 Å². The van der Waals surface area contributed by atoms with Crippen LogP contribution in [0.4, 0.5) is 5.69 Å². The van der Waals surface area contributed by atoms with Crippen LogP contribution < -0.4 is 14.8 Å². The van der Waals surface area contributed by atoms with Gasteiger partial charge in [0.2, 0.25) is 0 Å². The molecule has 132 valence electrons. The molecule has 0 radical (unpaired) electrons. The van der Waals surface area contributed by atoms with Crippen LogP contribution in [0.15, 0.2) is 78.9 Å². The normalized spacial score (nSPS) is 10.2. The van der Waals surface area contributed by atoms with Crippen LogP contribution in [0.25, 0.3) is 0 Å². The van der Waals surface area contributed by atoms with Gasteiger partial charge in [-0.15, -0.1) is 0 Å². The maximum absolute atomic E-state index is 12.2. The number of carbonyl (C=O) groups excluding carboxylic acids is 1. The van der Waals surface area contributed by atoms with E-state index in [-0.39, 0.29) is 12.5 Å². The van der Waals surface area contributed by atoms with Crippen LogP contribution in [0, 0.1) is 0 Å². The van der Waals surface area contributed by atoms with Crippen molar-refractivity contribution in [2.75, 3.05) is 11.9 Å². The minimum absolute atomic E-state index is 0.0805. The quantitative estimate of drug-likeness (QED) is 0.643. The summed E-state index contributed by atoms with van der Waals surface area (Å²) < 4.78 is 11.3. The molecule has 4 nitrogen and oxygen atoms in total. The third-order valence-electron chi connectivity index (χ3n) is 3.62. The highest BCUT2D eigenvalue weighted by Gasteiger charge is 2.09. The maximum Gasteiger partial charge on any atom is 0.262 e. The van der Waals surface area contributed by atoms with Gasteiger partial charge in [0, 0.05) is 10.6 Å². The first-order valence-electron chi connectivity index (χ1n) is 8.15. The first-order chi connectivity index (χ1) is 12.7. The lowest BCUT2D eigenvalue weighted by Gasteiger charge is -2.13. The van der Waals surface area contributed by atoms with E-state index in [1.165, 1.54) is 0 Å². The van der Waals surface area contributed by atoms with E-state index in [2.05, 4.69) is 5.32 Å². The molecule has 3 aromatic carbocycles. The fourth-order valence-electron chi connectivity index (χ4n) is 2.32. The smallest absolute Gasteiger partial charge is 0.262 e. The molecule has 0 unspecified atom stereocenters. The maximum atomic E-state index is 12.2. The van der Waals surface area contributed by atoms with Gasteiger partial charge in [0.25, 0.3) is 5.91 Å². The fourth-order valence-corrected chi connectivity index (χ4v) is 2.51. The molecule has 0 aliphatic rings. The SMILES string of the molecule is O=C(COc1ccccc1)Nc1ccccc1OCc1ccccc1Cl. The second kappa shape index (κ2) is 8.92. The Morgan fingerprint density at radius 1 is 0.846 bits per heavy atom. The molecule has 0 spiro atoms. The summed E-state index contributed by atoms with van der Waals surface area (Å²) in [5.41, 5.74) is 1.46. The van der Waals surface area contributed by atoms with Gasteiger partial charge < -0.3 is 14.8 Å². The predicted octanol–water partition coefficient (Wildman–Crippen LogP) is 4.94. The number of benzene rings is 3. The average molecular weight is 368 g/mol. The third-order valence-corrected chi connectivity index (χ3v) is 3.98. The van der Waals surface area contributed by atoms with Crippen molar-refractivity contribution in [2.45, 2.75) is 6.61 Å². The molecule has 1 amide bonds. The molecule has 0 bridgehead atoms. The number of hydrogen-bond donors (Lipinski definition) is 1. The molecule has 0 heterocycles. The van der Waals surface area contributed by atoms with Crippen LogP contribution in [0.2, 0.25) is 5.02 Å². The lowest BCUT2D eigenvalue weighted by atomic mass is 10.2. The Morgan fingerprint density at radius 2 is 1.54 bits per heavy atom. The first-order valence-corrected chi connectivity index (χ1v) is 8.53. The Bertz CT molecular complexity index is 868. The molecule has 5 heteroatoms. The van der Waals surface area contributed by atoms with Gasteiger partial charge in [0.15, 0.2) is 6.61 Å². The summed E-state index contributed by atoms with van der Waals surface area (Å²) in [5, 5.41) is 3.45. The molecule has 0 aliphatic carbocycles. The molecule has 3 aromatic rings. The van der Waals surface area contributed by atoms with Gasteiger partial charge in [0.05, 0.1) is 5.69 Å². The Morgan fingerprint density at radius 3 is 2.35 bits per heavy atom. The summed E-state index contributed by atoms with van der Waals surface area (Å²) in [6.07, 6.45) is 0. The predicted molar refractivity (Wildman–Crippen MR) is 103 cm³/mol. The molecule has 0 aliphatic heterocycles. The van der Waals surface area contributed by atoms with E-state index >= 15 is 0 Å². The average Bonchev–Trinajstić information content (AvgIpc) is 2.68. The molecule has 3 rings (SSSR count). The van der Waals surface area contributed by atoms with Crippen molar-refractivity contribution < 1.29 is 14.3 Å². The number of rotatable bonds is 7. The molecule has 1 N–H and O–H groups in total. The van der Waals surface area contributed by atoms with Crippen molar-refractivity contribution in [1.82, 2.24) is 0 Å². The van der Waals surface area contributed by atoms with E-state index in [1.807, 2.05) is 54.6 Å². The van der Waals surface area contributed by atoms with Crippen molar-refractivity contribution in [3.63, 3.8) is 0 Å². The van der Waals surface area contributed by atoms with Gasteiger partial charge in [-0.1, -0.05) is 60.1 Å². The summed E-state index contributed by atoms with van der Waals surface area (Å²) >= 11 is 6.15. The highest BCUT2D eigenvalue weighted by atomic mass is 35.5. The number of para-hydroxylation sites is 3. The van der Waals surface area contributed by atoms with Gasteiger partial charge in [-0.3, -0.25) is 4.79 Å². The van der Waals surface area contributed by atoms with Crippen molar-refractivity contribution >= 4 is 23.2 Å². The van der Waals surface area contributed by atoms with Crippen LogP contribution in [0.5, 0.6) is 11.5 Å². The number of carbonyl (C=O) groups is 1. The Balaban J connectivity index is 1.60. The van der Waals surface area contributed by atoms with Crippen LogP contribution in [0.1, 0.15) is 5.56 Å². The van der Waals surface area contributed by atoms with E-state index in [0.29, 0.717) is 28.8 Å². The summed E-state index contributed by atoms with van der Waals surface area (Å²) in [6.45, 7) is 0.232. The van der Waals surface area contributed by atoms with Gasteiger partial charge in [-0.05, 0) is 30.3 Å². The van der Waals surface area contributed by atoms with E-state index in [1.54, 1.807) is 24.3 Å². The van der Waals surface area contributed by atoms with Crippen molar-refractivity contribution in [1.29, 1.82) is 0 Å². The first kappa shape index (κ1) is 17.8. The van der Waals surface area contributed by atoms with E-state index in [9.17, 15) is 4.79 Å². The van der Waals surface area contributed by atoms with Crippen LogP contribution in [-0.2, 0) is 11.4 Å². The molecule has 0 aromatic heterocycles. The highest BCUT2D eigenvalue weighted by Crippen LogP contribution is 2.26. The van der Waals surface area contributed by atoms with Crippen LogP contribution >= 0.6 is 11.6 Å². The summed E-state index contributed by atoms with van der Waals surface area (Å²) in [6, 6.07) is 23.9. The number of halogens is 1. The minimum Gasteiger partial charge on any atom is -0.487 e. The topological polar surface area (TPSA) is 47.6 Å². The van der Waals surface area contributed by atoms with Crippen molar-refractivity contribution in [2.24, 2.45) is 0 Å². The molecule has 0 fully saturated rings. The Labute approximate surface area is 157 Å². The van der Waals surface area contributed by atoms with Crippen molar-refractivity contribution in [3.8, 4) is 11.5 Å². The summed E-state index contributed by atoms with van der Waals surface area (Å²) in [7, 11) is 0. The minimum atomic E-state index is -0.261. The summed E-state index contributed by atoms with van der Waals surface area (Å²) in [4.78, 5) is 12.2. The zero-order chi connectivity index (χ0) is 18.2. The molecule has 0 saturated heterocycles. The number of ether oxygens (including phenoxy) is 2. The molecular weight excluding hydrogens is 350 g/mol. The molecule has 26 heavy (non-hydrogen) atoms.